The first kappa shape index (κ1) is 21.2. The van der Waals surface area contributed by atoms with Crippen LogP contribution in [0.15, 0.2) is 29.7 Å². The molecule has 3 aliphatic heterocycles. The second-order valence-corrected chi connectivity index (χ2v) is 8.81. The number of carbonyl (C=O) groups excluding carboxylic acids is 1. The Morgan fingerprint density at radius 3 is 2.84 bits per heavy atom. The van der Waals surface area contributed by atoms with Gasteiger partial charge < -0.3 is 25.2 Å². The van der Waals surface area contributed by atoms with Crippen molar-refractivity contribution in [1.82, 2.24) is 20.2 Å². The molecule has 0 aromatic carbocycles. The topological polar surface area (TPSA) is 82.6 Å². The zero-order valence-corrected chi connectivity index (χ0v) is 17.8. The van der Waals surface area contributed by atoms with Crippen LogP contribution in [0, 0.1) is 12.8 Å². The molecule has 8 nitrogen and oxygen atoms in total. The van der Waals surface area contributed by atoms with Crippen molar-refractivity contribution < 1.29 is 22.7 Å². The highest BCUT2D eigenvalue weighted by molar-refractivity contribution is 5.85. The Kier molecular flexibility index (Phi) is 5.12. The van der Waals surface area contributed by atoms with Crippen LogP contribution in [0.3, 0.4) is 0 Å². The van der Waals surface area contributed by atoms with Crippen LogP contribution in [0.2, 0.25) is 0 Å². The van der Waals surface area contributed by atoms with E-state index in [4.69, 9.17) is 4.74 Å². The van der Waals surface area contributed by atoms with Crippen LogP contribution in [-0.2, 0) is 9.53 Å². The Morgan fingerprint density at radius 1 is 1.31 bits per heavy atom. The van der Waals surface area contributed by atoms with Crippen molar-refractivity contribution >= 4 is 17.7 Å². The molecular weight excluding hydrogens is 425 g/mol. The van der Waals surface area contributed by atoms with E-state index in [0.717, 1.165) is 17.0 Å². The number of halogens is 3. The number of piperidine rings is 1. The van der Waals surface area contributed by atoms with Crippen molar-refractivity contribution in [3.8, 4) is 0 Å². The number of ether oxygens (including phenoxy) is 1. The fourth-order valence-corrected chi connectivity index (χ4v) is 4.57. The highest BCUT2D eigenvalue weighted by atomic mass is 19.3. The number of rotatable bonds is 3. The Labute approximate surface area is 183 Å². The Balaban J connectivity index is 1.38. The molecule has 4 aliphatic rings. The van der Waals surface area contributed by atoms with Crippen molar-refractivity contribution in [1.29, 1.82) is 0 Å². The SMILES string of the molecule is Cc1cnc(N2CC(F)C2)nc1NC1=CC=C2C(C1)C1NCC(F)(F)COC1C(=O)N2C. The van der Waals surface area contributed by atoms with Gasteiger partial charge in [-0.05, 0) is 25.5 Å². The number of aryl methyl sites for hydroxylation is 1. The van der Waals surface area contributed by atoms with E-state index >= 15 is 0 Å². The number of amides is 1. The number of likely N-dealkylation sites (tertiary alicyclic amines) is 1. The number of hydrogen-bond acceptors (Lipinski definition) is 7. The van der Waals surface area contributed by atoms with E-state index in [0.29, 0.717) is 18.2 Å². The molecule has 11 heteroatoms. The van der Waals surface area contributed by atoms with Gasteiger partial charge in [-0.25, -0.2) is 18.2 Å². The van der Waals surface area contributed by atoms with E-state index in [1.165, 1.54) is 4.90 Å². The van der Waals surface area contributed by atoms with Crippen molar-refractivity contribution in [3.05, 3.63) is 35.3 Å². The largest absolute Gasteiger partial charge is 0.360 e. The van der Waals surface area contributed by atoms with E-state index in [1.807, 2.05) is 19.1 Å². The Morgan fingerprint density at radius 2 is 2.09 bits per heavy atom. The van der Waals surface area contributed by atoms with Gasteiger partial charge in [0, 0.05) is 36.1 Å². The summed E-state index contributed by atoms with van der Waals surface area (Å²) in [7, 11) is 1.64. The number of nitrogens with zero attached hydrogens (tertiary/aromatic N) is 4. The lowest BCUT2D eigenvalue weighted by Crippen LogP contribution is -2.59. The van der Waals surface area contributed by atoms with Crippen LogP contribution in [0.1, 0.15) is 12.0 Å². The average molecular weight is 450 g/mol. The molecule has 0 bridgehead atoms. The number of aromatic nitrogens is 2. The third kappa shape index (κ3) is 3.73. The molecule has 3 atom stereocenters. The monoisotopic (exact) mass is 450 g/mol. The second-order valence-electron chi connectivity index (χ2n) is 8.81. The Hall–Kier alpha value is -2.66. The van der Waals surface area contributed by atoms with Crippen molar-refractivity contribution in [2.45, 2.75) is 37.6 Å². The lowest BCUT2D eigenvalue weighted by atomic mass is 9.80. The zero-order valence-electron chi connectivity index (χ0n) is 17.8. The van der Waals surface area contributed by atoms with Crippen LogP contribution < -0.4 is 15.5 Å². The number of hydrogen-bond donors (Lipinski definition) is 2. The summed E-state index contributed by atoms with van der Waals surface area (Å²) in [5.74, 6) is -2.52. The number of anilines is 2. The molecule has 3 saturated heterocycles. The molecule has 0 saturated carbocycles. The minimum absolute atomic E-state index is 0.228. The maximum absolute atomic E-state index is 13.9. The molecule has 172 valence electrons. The van der Waals surface area contributed by atoms with Gasteiger partial charge in [0.25, 0.3) is 11.8 Å². The van der Waals surface area contributed by atoms with E-state index in [2.05, 4.69) is 20.6 Å². The number of carbonyl (C=O) groups is 1. The summed E-state index contributed by atoms with van der Waals surface area (Å²) < 4.78 is 46.4. The molecule has 2 N–H and O–H groups in total. The minimum Gasteiger partial charge on any atom is -0.360 e. The molecule has 3 fully saturated rings. The van der Waals surface area contributed by atoms with Crippen LogP contribution in [-0.4, -0.2) is 78.3 Å². The van der Waals surface area contributed by atoms with E-state index < -0.39 is 37.4 Å². The number of likely N-dealkylation sites (N-methyl/N-ethyl adjacent to an activating group) is 1. The first-order chi connectivity index (χ1) is 15.2. The number of fused-ring (bicyclic) bond motifs is 3. The number of alkyl halides is 3. The molecule has 32 heavy (non-hydrogen) atoms. The standard InChI is InChI=1S/C21H25F3N6O2/c1-11-6-25-20(30-7-12(22)8-30)28-18(11)27-13-3-4-15-14(5-13)16-17(19(31)29(15)2)32-10-21(23,24)9-26-16/h3-4,6,12,14,16-17,26H,5,7-10H2,1-2H3,(H,25,27,28). The van der Waals surface area contributed by atoms with Gasteiger partial charge in [0.15, 0.2) is 6.10 Å². The molecule has 1 aromatic rings. The molecule has 1 aliphatic carbocycles. The maximum Gasteiger partial charge on any atom is 0.283 e. The molecule has 0 spiro atoms. The quantitative estimate of drug-likeness (QED) is 0.724. The van der Waals surface area contributed by atoms with E-state index in [9.17, 15) is 18.0 Å². The summed E-state index contributed by atoms with van der Waals surface area (Å²) in [5, 5.41) is 6.19. The van der Waals surface area contributed by atoms with Gasteiger partial charge in [0.1, 0.15) is 18.6 Å². The molecule has 5 rings (SSSR count). The summed E-state index contributed by atoms with van der Waals surface area (Å²) in [6.45, 7) is 1.10. The van der Waals surface area contributed by atoms with Gasteiger partial charge in [-0.1, -0.05) is 0 Å². The first-order valence-corrected chi connectivity index (χ1v) is 10.6. The van der Waals surface area contributed by atoms with Gasteiger partial charge in [0.2, 0.25) is 5.95 Å². The second kappa shape index (κ2) is 7.73. The fraction of sp³-hybridized carbons (Fsp3) is 0.571. The summed E-state index contributed by atoms with van der Waals surface area (Å²) in [5.41, 5.74) is 2.42. The zero-order chi connectivity index (χ0) is 22.6. The van der Waals surface area contributed by atoms with E-state index in [-0.39, 0.29) is 24.9 Å². The van der Waals surface area contributed by atoms with Crippen LogP contribution in [0.5, 0.6) is 0 Å². The van der Waals surface area contributed by atoms with Gasteiger partial charge in [-0.2, -0.15) is 4.98 Å². The highest BCUT2D eigenvalue weighted by Crippen LogP contribution is 2.38. The third-order valence-electron chi connectivity index (χ3n) is 6.42. The van der Waals surface area contributed by atoms with Gasteiger partial charge in [-0.3, -0.25) is 4.79 Å². The van der Waals surface area contributed by atoms with Gasteiger partial charge in [0.05, 0.1) is 25.7 Å². The molecule has 1 amide bonds. The maximum atomic E-state index is 13.9. The average Bonchev–Trinajstić information content (AvgIpc) is 2.90. The first-order valence-electron chi connectivity index (χ1n) is 10.6. The summed E-state index contributed by atoms with van der Waals surface area (Å²) in [6, 6.07) is -0.562. The number of allylic oxidation sites excluding steroid dienone is 3. The van der Waals surface area contributed by atoms with Crippen LogP contribution in [0.4, 0.5) is 24.9 Å². The lowest BCUT2D eigenvalue weighted by molar-refractivity contribution is -0.152. The van der Waals surface area contributed by atoms with Crippen molar-refractivity contribution in [3.63, 3.8) is 0 Å². The summed E-state index contributed by atoms with van der Waals surface area (Å²) >= 11 is 0. The van der Waals surface area contributed by atoms with Crippen LogP contribution in [0.25, 0.3) is 0 Å². The van der Waals surface area contributed by atoms with Crippen molar-refractivity contribution in [2.75, 3.05) is 43.5 Å². The normalized spacial score (nSPS) is 29.9. The smallest absolute Gasteiger partial charge is 0.283 e. The molecule has 0 radical (unpaired) electrons. The van der Waals surface area contributed by atoms with Gasteiger partial charge >= 0.3 is 0 Å². The molecule has 4 heterocycles. The summed E-state index contributed by atoms with van der Waals surface area (Å²) in [6.07, 6.45) is 4.04. The molecular formula is C21H25F3N6O2. The lowest BCUT2D eigenvalue weighted by Gasteiger charge is -2.44. The van der Waals surface area contributed by atoms with Crippen molar-refractivity contribution in [2.24, 2.45) is 5.92 Å². The van der Waals surface area contributed by atoms with Crippen LogP contribution >= 0.6 is 0 Å². The fourth-order valence-electron chi connectivity index (χ4n) is 4.57. The minimum atomic E-state index is -3.03. The number of nitrogens with one attached hydrogen (secondary N) is 2. The predicted octanol–water partition coefficient (Wildman–Crippen LogP) is 1.61. The van der Waals surface area contributed by atoms with Gasteiger partial charge in [-0.15, -0.1) is 0 Å². The molecule has 3 unspecified atom stereocenters. The predicted molar refractivity (Wildman–Crippen MR) is 111 cm³/mol. The highest BCUT2D eigenvalue weighted by Gasteiger charge is 2.50. The van der Waals surface area contributed by atoms with E-state index in [1.54, 1.807) is 18.1 Å². The third-order valence-corrected chi connectivity index (χ3v) is 6.42. The summed E-state index contributed by atoms with van der Waals surface area (Å²) in [4.78, 5) is 24.8. The Bertz CT molecular complexity index is 994. The molecule has 1 aromatic heterocycles.